The number of carbonyl (C=O) groups is 1. The second kappa shape index (κ2) is 9.16. The minimum absolute atomic E-state index is 0.132. The number of rotatable bonds is 8. The molecule has 1 amide bonds. The van der Waals surface area contributed by atoms with Crippen LogP contribution in [0.25, 0.3) is 0 Å². The predicted octanol–water partition coefficient (Wildman–Crippen LogP) is 3.07. The molecule has 2 N–H and O–H groups in total. The van der Waals surface area contributed by atoms with Crippen molar-refractivity contribution in [3.8, 4) is 11.6 Å². The SMILES string of the molecule is COCCNCC(=O)Nc1ccc(Oc2ccc(C(F)(F)F)cc2)nc1. The number of anilines is 1. The molecule has 6 nitrogen and oxygen atoms in total. The van der Waals surface area contributed by atoms with Gasteiger partial charge in [-0.2, -0.15) is 13.2 Å². The molecule has 140 valence electrons. The van der Waals surface area contributed by atoms with E-state index in [9.17, 15) is 18.0 Å². The van der Waals surface area contributed by atoms with Crippen molar-refractivity contribution >= 4 is 11.6 Å². The summed E-state index contributed by atoms with van der Waals surface area (Å²) in [5.74, 6) is 0.185. The quantitative estimate of drug-likeness (QED) is 0.700. The molecule has 0 saturated carbocycles. The van der Waals surface area contributed by atoms with E-state index in [0.717, 1.165) is 12.1 Å². The van der Waals surface area contributed by atoms with Gasteiger partial charge in [0.25, 0.3) is 0 Å². The molecule has 0 aliphatic heterocycles. The van der Waals surface area contributed by atoms with Crippen LogP contribution in [0.5, 0.6) is 11.6 Å². The Kier molecular flexibility index (Phi) is 6.93. The van der Waals surface area contributed by atoms with E-state index in [1.165, 1.54) is 24.4 Å². The Labute approximate surface area is 148 Å². The zero-order valence-electron chi connectivity index (χ0n) is 14.0. The molecular formula is C17H18F3N3O3. The summed E-state index contributed by atoms with van der Waals surface area (Å²) < 4.78 is 47.8. The molecular weight excluding hydrogens is 351 g/mol. The molecule has 1 heterocycles. The number of nitrogens with zero attached hydrogens (tertiary/aromatic N) is 1. The minimum Gasteiger partial charge on any atom is -0.439 e. The van der Waals surface area contributed by atoms with E-state index >= 15 is 0 Å². The highest BCUT2D eigenvalue weighted by Gasteiger charge is 2.30. The molecule has 0 aliphatic rings. The monoisotopic (exact) mass is 369 g/mol. The topological polar surface area (TPSA) is 72.5 Å². The average molecular weight is 369 g/mol. The van der Waals surface area contributed by atoms with Gasteiger partial charge < -0.3 is 20.1 Å². The Hall–Kier alpha value is -2.65. The van der Waals surface area contributed by atoms with Gasteiger partial charge in [-0.1, -0.05) is 0 Å². The van der Waals surface area contributed by atoms with E-state index in [4.69, 9.17) is 9.47 Å². The normalized spacial score (nSPS) is 11.2. The summed E-state index contributed by atoms with van der Waals surface area (Å²) in [5.41, 5.74) is -0.279. The van der Waals surface area contributed by atoms with Crippen LogP contribution in [0.2, 0.25) is 0 Å². The number of carbonyl (C=O) groups excluding carboxylic acids is 1. The Balaban J connectivity index is 1.86. The number of hydrogen-bond donors (Lipinski definition) is 2. The summed E-state index contributed by atoms with van der Waals surface area (Å²) in [4.78, 5) is 15.7. The molecule has 0 aliphatic carbocycles. The Bertz CT molecular complexity index is 704. The third-order valence-corrected chi connectivity index (χ3v) is 3.19. The van der Waals surface area contributed by atoms with Gasteiger partial charge in [0.05, 0.1) is 30.6 Å². The van der Waals surface area contributed by atoms with E-state index in [2.05, 4.69) is 15.6 Å². The summed E-state index contributed by atoms with van der Waals surface area (Å²) in [6, 6.07) is 7.38. The van der Waals surface area contributed by atoms with Crippen LogP contribution in [0.15, 0.2) is 42.6 Å². The minimum atomic E-state index is -4.39. The third kappa shape index (κ3) is 6.34. The molecule has 0 spiro atoms. The second-order valence-electron chi connectivity index (χ2n) is 5.23. The van der Waals surface area contributed by atoms with Crippen molar-refractivity contribution in [1.82, 2.24) is 10.3 Å². The first-order valence-electron chi connectivity index (χ1n) is 7.69. The van der Waals surface area contributed by atoms with Gasteiger partial charge in [-0.05, 0) is 30.3 Å². The number of aromatic nitrogens is 1. The lowest BCUT2D eigenvalue weighted by Gasteiger charge is -2.09. The van der Waals surface area contributed by atoms with Gasteiger partial charge in [0.1, 0.15) is 5.75 Å². The number of amides is 1. The molecule has 9 heteroatoms. The predicted molar refractivity (Wildman–Crippen MR) is 89.1 cm³/mol. The largest absolute Gasteiger partial charge is 0.439 e. The summed E-state index contributed by atoms with van der Waals surface area (Å²) in [6.45, 7) is 1.19. The molecule has 0 saturated heterocycles. The lowest BCUT2D eigenvalue weighted by molar-refractivity contribution is -0.137. The van der Waals surface area contributed by atoms with E-state index in [1.54, 1.807) is 13.2 Å². The highest BCUT2D eigenvalue weighted by atomic mass is 19.4. The highest BCUT2D eigenvalue weighted by Crippen LogP contribution is 2.31. The first kappa shape index (κ1) is 19.7. The number of benzene rings is 1. The summed E-state index contributed by atoms with van der Waals surface area (Å²) in [6.07, 6.45) is -3.00. The van der Waals surface area contributed by atoms with Gasteiger partial charge in [-0.15, -0.1) is 0 Å². The molecule has 1 aromatic heterocycles. The Morgan fingerprint density at radius 3 is 2.46 bits per heavy atom. The van der Waals surface area contributed by atoms with Crippen LogP contribution in [0, 0.1) is 0 Å². The number of hydrogen-bond acceptors (Lipinski definition) is 5. The molecule has 2 rings (SSSR count). The van der Waals surface area contributed by atoms with Crippen molar-refractivity contribution in [2.45, 2.75) is 6.18 Å². The number of pyridine rings is 1. The smallest absolute Gasteiger partial charge is 0.416 e. The van der Waals surface area contributed by atoms with E-state index in [0.29, 0.717) is 18.8 Å². The Morgan fingerprint density at radius 1 is 1.15 bits per heavy atom. The van der Waals surface area contributed by atoms with Gasteiger partial charge in [0.2, 0.25) is 11.8 Å². The lowest BCUT2D eigenvalue weighted by Crippen LogP contribution is -2.30. The number of nitrogens with one attached hydrogen (secondary N) is 2. The van der Waals surface area contributed by atoms with E-state index < -0.39 is 11.7 Å². The van der Waals surface area contributed by atoms with Crippen LogP contribution < -0.4 is 15.4 Å². The first-order valence-corrected chi connectivity index (χ1v) is 7.69. The maximum atomic E-state index is 12.5. The van der Waals surface area contributed by atoms with Gasteiger partial charge in [0, 0.05) is 19.7 Å². The average Bonchev–Trinajstić information content (AvgIpc) is 2.60. The van der Waals surface area contributed by atoms with Crippen LogP contribution in [0.3, 0.4) is 0 Å². The maximum Gasteiger partial charge on any atom is 0.416 e. The molecule has 26 heavy (non-hydrogen) atoms. The van der Waals surface area contributed by atoms with Crippen molar-refractivity contribution in [3.05, 3.63) is 48.2 Å². The van der Waals surface area contributed by atoms with E-state index in [1.807, 2.05) is 0 Å². The van der Waals surface area contributed by atoms with Crippen molar-refractivity contribution in [2.75, 3.05) is 32.1 Å². The molecule has 0 fully saturated rings. The number of methoxy groups -OCH3 is 1. The van der Waals surface area contributed by atoms with Crippen LogP contribution in [-0.2, 0) is 15.7 Å². The lowest BCUT2D eigenvalue weighted by atomic mass is 10.2. The van der Waals surface area contributed by atoms with Crippen LogP contribution in [-0.4, -0.2) is 37.7 Å². The molecule has 0 atom stereocenters. The first-order chi connectivity index (χ1) is 12.4. The van der Waals surface area contributed by atoms with Gasteiger partial charge in [-0.3, -0.25) is 4.79 Å². The zero-order valence-corrected chi connectivity index (χ0v) is 14.0. The van der Waals surface area contributed by atoms with Crippen LogP contribution in [0.4, 0.5) is 18.9 Å². The van der Waals surface area contributed by atoms with Crippen molar-refractivity contribution in [3.63, 3.8) is 0 Å². The number of alkyl halides is 3. The van der Waals surface area contributed by atoms with Crippen molar-refractivity contribution in [2.24, 2.45) is 0 Å². The fraction of sp³-hybridized carbons (Fsp3) is 0.294. The molecule has 1 aromatic carbocycles. The molecule has 0 unspecified atom stereocenters. The van der Waals surface area contributed by atoms with Crippen molar-refractivity contribution < 1.29 is 27.4 Å². The molecule has 0 bridgehead atoms. The zero-order chi connectivity index (χ0) is 19.0. The standard InChI is InChI=1S/C17H18F3N3O3/c1-25-9-8-21-11-15(24)23-13-4-7-16(22-10-13)26-14-5-2-12(3-6-14)17(18,19)20/h2-7,10,21H,8-9,11H2,1H3,(H,23,24). The summed E-state index contributed by atoms with van der Waals surface area (Å²) >= 11 is 0. The van der Waals surface area contributed by atoms with Crippen molar-refractivity contribution in [1.29, 1.82) is 0 Å². The molecule has 0 radical (unpaired) electrons. The van der Waals surface area contributed by atoms with Crippen LogP contribution in [0.1, 0.15) is 5.56 Å². The Morgan fingerprint density at radius 2 is 1.88 bits per heavy atom. The third-order valence-electron chi connectivity index (χ3n) is 3.19. The molecule has 2 aromatic rings. The van der Waals surface area contributed by atoms with Crippen LogP contribution >= 0.6 is 0 Å². The fourth-order valence-corrected chi connectivity index (χ4v) is 1.93. The summed E-state index contributed by atoms with van der Waals surface area (Å²) in [7, 11) is 1.57. The number of halogens is 3. The van der Waals surface area contributed by atoms with Gasteiger partial charge in [0.15, 0.2) is 0 Å². The van der Waals surface area contributed by atoms with Gasteiger partial charge in [-0.25, -0.2) is 4.98 Å². The highest BCUT2D eigenvalue weighted by molar-refractivity contribution is 5.92. The van der Waals surface area contributed by atoms with E-state index in [-0.39, 0.29) is 24.1 Å². The second-order valence-corrected chi connectivity index (χ2v) is 5.23. The summed E-state index contributed by atoms with van der Waals surface area (Å²) in [5, 5.41) is 5.55. The number of ether oxygens (including phenoxy) is 2. The van der Waals surface area contributed by atoms with Gasteiger partial charge >= 0.3 is 6.18 Å². The fourth-order valence-electron chi connectivity index (χ4n) is 1.93. The maximum absolute atomic E-state index is 12.5.